The zero-order chi connectivity index (χ0) is 15.6. The van der Waals surface area contributed by atoms with E-state index in [0.29, 0.717) is 18.9 Å². The summed E-state index contributed by atoms with van der Waals surface area (Å²) in [6.07, 6.45) is 4.87. The lowest BCUT2D eigenvalue weighted by atomic mass is 10.2. The highest BCUT2D eigenvalue weighted by atomic mass is 16.2. The van der Waals surface area contributed by atoms with Gasteiger partial charge in [-0.3, -0.25) is 9.69 Å². The van der Waals surface area contributed by atoms with E-state index >= 15 is 0 Å². The van der Waals surface area contributed by atoms with Crippen molar-refractivity contribution < 1.29 is 4.79 Å². The Kier molecular flexibility index (Phi) is 4.04. The third-order valence-electron chi connectivity index (χ3n) is 5.17. The normalized spacial score (nSPS) is 22.3. The molecule has 5 heteroatoms. The van der Waals surface area contributed by atoms with Gasteiger partial charge in [-0.1, -0.05) is 12.1 Å². The number of H-pyrrole nitrogens is 1. The molecule has 4 rings (SSSR count). The summed E-state index contributed by atoms with van der Waals surface area (Å²) in [5.41, 5.74) is 2.03. The molecule has 5 nitrogen and oxygen atoms in total. The van der Waals surface area contributed by atoms with Gasteiger partial charge in [0.1, 0.15) is 5.82 Å². The molecular formula is C18H24N4O. The van der Waals surface area contributed by atoms with Gasteiger partial charge in [0, 0.05) is 38.5 Å². The van der Waals surface area contributed by atoms with E-state index in [2.05, 4.69) is 19.8 Å². The number of amides is 1. The molecule has 1 aromatic heterocycles. The minimum absolute atomic E-state index is 0.277. The number of hydrogen-bond acceptors (Lipinski definition) is 3. The van der Waals surface area contributed by atoms with E-state index in [1.165, 1.54) is 19.4 Å². The Morgan fingerprint density at radius 1 is 1.22 bits per heavy atom. The number of aryl methyl sites for hydroxylation is 1. The second-order valence-electron chi connectivity index (χ2n) is 6.73. The van der Waals surface area contributed by atoms with Gasteiger partial charge in [0.2, 0.25) is 5.91 Å². The summed E-state index contributed by atoms with van der Waals surface area (Å²) < 4.78 is 0. The lowest BCUT2D eigenvalue weighted by Gasteiger charge is -2.25. The zero-order valence-corrected chi connectivity index (χ0v) is 13.5. The lowest BCUT2D eigenvalue weighted by Crippen LogP contribution is -2.39. The van der Waals surface area contributed by atoms with Gasteiger partial charge in [-0.25, -0.2) is 4.98 Å². The van der Waals surface area contributed by atoms with E-state index in [9.17, 15) is 4.79 Å². The van der Waals surface area contributed by atoms with Crippen LogP contribution in [-0.2, 0) is 11.2 Å². The van der Waals surface area contributed by atoms with Crippen molar-refractivity contribution in [2.45, 2.75) is 38.1 Å². The molecule has 0 radical (unpaired) electrons. The average Bonchev–Trinajstić information content (AvgIpc) is 3.13. The molecule has 3 heterocycles. The SMILES string of the molecule is O=C(CCc1nc2ccccc2[nH]1)N1CCCN2CCC[C@H]2C1. The predicted molar refractivity (Wildman–Crippen MR) is 90.2 cm³/mol. The molecule has 23 heavy (non-hydrogen) atoms. The second kappa shape index (κ2) is 6.32. The number of fused-ring (bicyclic) bond motifs is 2. The molecule has 2 saturated heterocycles. The van der Waals surface area contributed by atoms with Crippen LogP contribution < -0.4 is 0 Å². The molecule has 1 N–H and O–H groups in total. The maximum Gasteiger partial charge on any atom is 0.223 e. The fourth-order valence-electron chi connectivity index (χ4n) is 3.94. The summed E-state index contributed by atoms with van der Waals surface area (Å²) in [6, 6.07) is 8.60. The van der Waals surface area contributed by atoms with Crippen LogP contribution in [0.1, 0.15) is 31.5 Å². The van der Waals surface area contributed by atoms with Crippen LogP contribution in [0.3, 0.4) is 0 Å². The molecule has 0 spiro atoms. The van der Waals surface area contributed by atoms with E-state index in [0.717, 1.165) is 42.9 Å². The summed E-state index contributed by atoms with van der Waals surface area (Å²) in [5.74, 6) is 1.19. The van der Waals surface area contributed by atoms with Crippen LogP contribution in [0.2, 0.25) is 0 Å². The first-order chi connectivity index (χ1) is 11.3. The minimum Gasteiger partial charge on any atom is -0.342 e. The number of nitrogens with zero attached hydrogens (tertiary/aromatic N) is 3. The van der Waals surface area contributed by atoms with Crippen molar-refractivity contribution in [3.05, 3.63) is 30.1 Å². The molecule has 1 atom stereocenters. The summed E-state index contributed by atoms with van der Waals surface area (Å²) in [4.78, 5) is 25.1. The highest BCUT2D eigenvalue weighted by Crippen LogP contribution is 2.22. The molecule has 122 valence electrons. The van der Waals surface area contributed by atoms with Crippen LogP contribution >= 0.6 is 0 Å². The summed E-state index contributed by atoms with van der Waals surface area (Å²) in [6.45, 7) is 4.19. The Hall–Kier alpha value is -1.88. The molecule has 1 aromatic carbocycles. The molecule has 0 unspecified atom stereocenters. The number of rotatable bonds is 3. The summed E-state index contributed by atoms with van der Waals surface area (Å²) >= 11 is 0. The van der Waals surface area contributed by atoms with Crippen molar-refractivity contribution in [2.24, 2.45) is 0 Å². The fraction of sp³-hybridized carbons (Fsp3) is 0.556. The molecular weight excluding hydrogens is 288 g/mol. The zero-order valence-electron chi connectivity index (χ0n) is 13.5. The first-order valence-electron chi connectivity index (χ1n) is 8.75. The summed E-state index contributed by atoms with van der Waals surface area (Å²) in [5, 5.41) is 0. The van der Waals surface area contributed by atoms with Gasteiger partial charge < -0.3 is 9.88 Å². The van der Waals surface area contributed by atoms with Gasteiger partial charge in [-0.2, -0.15) is 0 Å². The highest BCUT2D eigenvalue weighted by molar-refractivity contribution is 5.77. The molecule has 0 saturated carbocycles. The third kappa shape index (κ3) is 3.11. The van der Waals surface area contributed by atoms with Gasteiger partial charge in [0.15, 0.2) is 0 Å². The van der Waals surface area contributed by atoms with Crippen molar-refractivity contribution in [3.8, 4) is 0 Å². The number of imidazole rings is 1. The standard InChI is InChI=1S/C18H24N4O/c23-18(22-12-4-11-21-10-3-5-14(21)13-22)9-8-17-19-15-6-1-2-7-16(15)20-17/h1-2,6-7,14H,3-5,8-13H2,(H,19,20)/t14-/m0/s1. The van der Waals surface area contributed by atoms with Crippen LogP contribution in [0.5, 0.6) is 0 Å². The molecule has 2 fully saturated rings. The Morgan fingerprint density at radius 2 is 2.09 bits per heavy atom. The topological polar surface area (TPSA) is 52.2 Å². The van der Waals surface area contributed by atoms with Crippen LogP contribution in [0.25, 0.3) is 11.0 Å². The molecule has 2 aliphatic rings. The van der Waals surface area contributed by atoms with Gasteiger partial charge in [0.05, 0.1) is 11.0 Å². The second-order valence-corrected chi connectivity index (χ2v) is 6.73. The number of aromatic amines is 1. The van der Waals surface area contributed by atoms with Crippen LogP contribution in [-0.4, -0.2) is 57.9 Å². The lowest BCUT2D eigenvalue weighted by molar-refractivity contribution is -0.131. The van der Waals surface area contributed by atoms with Crippen LogP contribution in [0.4, 0.5) is 0 Å². The number of carbonyl (C=O) groups is 1. The number of aromatic nitrogens is 2. The molecule has 0 aliphatic carbocycles. The number of nitrogens with one attached hydrogen (secondary N) is 1. The number of benzene rings is 1. The predicted octanol–water partition coefficient (Wildman–Crippen LogP) is 2.19. The van der Waals surface area contributed by atoms with Crippen molar-refractivity contribution in [2.75, 3.05) is 26.2 Å². The van der Waals surface area contributed by atoms with Crippen LogP contribution in [0.15, 0.2) is 24.3 Å². The van der Waals surface area contributed by atoms with Gasteiger partial charge in [-0.15, -0.1) is 0 Å². The fourth-order valence-corrected chi connectivity index (χ4v) is 3.94. The Labute approximate surface area is 136 Å². The van der Waals surface area contributed by atoms with Crippen molar-refractivity contribution in [1.82, 2.24) is 19.8 Å². The Balaban J connectivity index is 1.37. The first kappa shape index (κ1) is 14.7. The van der Waals surface area contributed by atoms with Gasteiger partial charge in [-0.05, 0) is 37.9 Å². The van der Waals surface area contributed by atoms with Crippen molar-refractivity contribution >= 4 is 16.9 Å². The average molecular weight is 312 g/mol. The van der Waals surface area contributed by atoms with E-state index in [4.69, 9.17) is 0 Å². The smallest absolute Gasteiger partial charge is 0.223 e. The van der Waals surface area contributed by atoms with E-state index < -0.39 is 0 Å². The van der Waals surface area contributed by atoms with Gasteiger partial charge in [0.25, 0.3) is 0 Å². The maximum atomic E-state index is 12.6. The minimum atomic E-state index is 0.277. The number of para-hydroxylation sites is 2. The summed E-state index contributed by atoms with van der Waals surface area (Å²) in [7, 11) is 0. The molecule has 2 aliphatic heterocycles. The first-order valence-corrected chi connectivity index (χ1v) is 8.75. The van der Waals surface area contributed by atoms with Crippen molar-refractivity contribution in [3.63, 3.8) is 0 Å². The third-order valence-corrected chi connectivity index (χ3v) is 5.17. The Bertz CT molecular complexity index is 662. The van der Waals surface area contributed by atoms with E-state index in [1.54, 1.807) is 0 Å². The highest BCUT2D eigenvalue weighted by Gasteiger charge is 2.30. The quantitative estimate of drug-likeness (QED) is 0.945. The Morgan fingerprint density at radius 3 is 3.00 bits per heavy atom. The molecule has 0 bridgehead atoms. The van der Waals surface area contributed by atoms with Crippen LogP contribution in [0, 0.1) is 0 Å². The van der Waals surface area contributed by atoms with E-state index in [-0.39, 0.29) is 5.91 Å². The maximum absolute atomic E-state index is 12.6. The molecule has 2 aromatic rings. The van der Waals surface area contributed by atoms with Crippen molar-refractivity contribution in [1.29, 1.82) is 0 Å². The largest absolute Gasteiger partial charge is 0.342 e. The molecule has 1 amide bonds. The van der Waals surface area contributed by atoms with Gasteiger partial charge >= 0.3 is 0 Å². The number of hydrogen-bond donors (Lipinski definition) is 1. The number of carbonyl (C=O) groups excluding carboxylic acids is 1. The monoisotopic (exact) mass is 312 g/mol. The van der Waals surface area contributed by atoms with E-state index in [1.807, 2.05) is 24.3 Å².